The highest BCUT2D eigenvalue weighted by atomic mass is 32.2. The molecule has 0 amide bonds. The monoisotopic (exact) mass is 506 g/mol. The summed E-state index contributed by atoms with van der Waals surface area (Å²) in [6.07, 6.45) is -4.96. The van der Waals surface area contributed by atoms with Crippen LogP contribution in [0.25, 0.3) is 10.9 Å². The Balaban J connectivity index is 1.75. The molecule has 1 aliphatic heterocycles. The first-order valence-corrected chi connectivity index (χ1v) is 12.8. The molecule has 186 valence electrons. The van der Waals surface area contributed by atoms with E-state index in [1.807, 2.05) is 6.07 Å². The van der Waals surface area contributed by atoms with Gasteiger partial charge in [0.25, 0.3) is 0 Å². The van der Waals surface area contributed by atoms with Crippen molar-refractivity contribution in [2.45, 2.75) is 55.2 Å². The number of hydrogen-bond acceptors (Lipinski definition) is 5. The molecule has 0 saturated carbocycles. The van der Waals surface area contributed by atoms with Gasteiger partial charge in [0.05, 0.1) is 23.1 Å². The number of ether oxygens (including phenoxy) is 1. The number of alkyl halides is 3. The van der Waals surface area contributed by atoms with Crippen molar-refractivity contribution in [2.24, 2.45) is 0 Å². The first-order valence-electron chi connectivity index (χ1n) is 10.9. The molecule has 0 spiro atoms. The van der Waals surface area contributed by atoms with Gasteiger partial charge in [-0.1, -0.05) is 13.8 Å². The van der Waals surface area contributed by atoms with Gasteiger partial charge < -0.3 is 14.8 Å². The lowest BCUT2D eigenvalue weighted by Gasteiger charge is -2.38. The number of aliphatic hydroxyl groups is 1. The van der Waals surface area contributed by atoms with E-state index in [-0.39, 0.29) is 10.6 Å². The van der Waals surface area contributed by atoms with Gasteiger partial charge in [-0.05, 0) is 53.8 Å². The van der Waals surface area contributed by atoms with Gasteiger partial charge in [-0.2, -0.15) is 18.4 Å². The molecule has 2 heterocycles. The number of nitriles is 1. The number of halogens is 3. The lowest BCUT2D eigenvalue weighted by molar-refractivity contribution is -0.266. The van der Waals surface area contributed by atoms with Crippen molar-refractivity contribution in [1.82, 2.24) is 4.98 Å². The lowest BCUT2D eigenvalue weighted by atomic mass is 9.73. The molecule has 2 N–H and O–H groups in total. The summed E-state index contributed by atoms with van der Waals surface area (Å²) in [5, 5.41) is 20.7. The highest BCUT2D eigenvalue weighted by Gasteiger charge is 2.56. The predicted molar refractivity (Wildman–Crippen MR) is 124 cm³/mol. The average Bonchev–Trinajstić information content (AvgIpc) is 3.36. The molecule has 0 radical (unpaired) electrons. The second-order valence-electron chi connectivity index (χ2n) is 9.80. The van der Waals surface area contributed by atoms with Crippen molar-refractivity contribution in [1.29, 1.82) is 5.26 Å². The zero-order valence-electron chi connectivity index (χ0n) is 19.5. The molecule has 0 fully saturated rings. The first kappa shape index (κ1) is 25.1. The van der Waals surface area contributed by atoms with Crippen molar-refractivity contribution in [3.05, 3.63) is 58.8 Å². The number of rotatable bonds is 6. The molecule has 35 heavy (non-hydrogen) atoms. The van der Waals surface area contributed by atoms with Crippen LogP contribution in [-0.4, -0.2) is 43.1 Å². The Bertz CT molecular complexity index is 1450. The number of H-pyrrole nitrogens is 1. The maximum absolute atomic E-state index is 14.3. The molecule has 1 atom stereocenters. The molecule has 6 nitrogen and oxygen atoms in total. The molecule has 10 heteroatoms. The first-order chi connectivity index (χ1) is 16.1. The second kappa shape index (κ2) is 8.28. The van der Waals surface area contributed by atoms with E-state index in [4.69, 9.17) is 10.00 Å². The third-order valence-electron chi connectivity index (χ3n) is 6.47. The average molecular weight is 507 g/mol. The van der Waals surface area contributed by atoms with Crippen LogP contribution in [0.2, 0.25) is 0 Å². The Kier molecular flexibility index (Phi) is 5.93. The molecule has 1 unspecified atom stereocenters. The van der Waals surface area contributed by atoms with Crippen LogP contribution in [0.3, 0.4) is 0 Å². The zero-order valence-corrected chi connectivity index (χ0v) is 20.3. The molecule has 0 bridgehead atoms. The summed E-state index contributed by atoms with van der Waals surface area (Å²) >= 11 is 0. The summed E-state index contributed by atoms with van der Waals surface area (Å²) in [4.78, 5) is 2.90. The van der Waals surface area contributed by atoms with E-state index in [1.165, 1.54) is 32.0 Å². The largest absolute Gasteiger partial charge is 0.493 e. The number of nitrogens with one attached hydrogen (secondary N) is 1. The second-order valence-corrected chi connectivity index (χ2v) is 11.8. The summed E-state index contributed by atoms with van der Waals surface area (Å²) in [6.45, 7) is 3.38. The van der Waals surface area contributed by atoms with Crippen molar-refractivity contribution in [3.8, 4) is 11.8 Å². The molecule has 2 aromatic carbocycles. The van der Waals surface area contributed by atoms with Crippen LogP contribution in [0.4, 0.5) is 13.2 Å². The van der Waals surface area contributed by atoms with Gasteiger partial charge in [-0.3, -0.25) is 0 Å². The Labute approximate surface area is 201 Å². The van der Waals surface area contributed by atoms with Crippen LogP contribution in [0.5, 0.6) is 5.75 Å². The summed E-state index contributed by atoms with van der Waals surface area (Å²) in [6, 6.07) is 11.0. The quantitative estimate of drug-likeness (QED) is 0.509. The number of benzene rings is 2. The van der Waals surface area contributed by atoms with E-state index in [9.17, 15) is 26.7 Å². The fraction of sp³-hybridized carbons (Fsp3) is 0.400. The van der Waals surface area contributed by atoms with Gasteiger partial charge in [0.2, 0.25) is 0 Å². The number of aromatic amines is 1. The highest BCUT2D eigenvalue weighted by molar-refractivity contribution is 7.90. The maximum Gasteiger partial charge on any atom is 0.417 e. The Morgan fingerprint density at radius 1 is 1.17 bits per heavy atom. The molecule has 4 rings (SSSR count). The van der Waals surface area contributed by atoms with Crippen LogP contribution in [0, 0.1) is 11.3 Å². The number of sulfone groups is 1. The fourth-order valence-electron chi connectivity index (χ4n) is 4.76. The number of hydrogen-bond donors (Lipinski definition) is 2. The Hall–Kier alpha value is -3.03. The van der Waals surface area contributed by atoms with Crippen molar-refractivity contribution >= 4 is 20.7 Å². The van der Waals surface area contributed by atoms with E-state index < -0.39 is 39.9 Å². The van der Waals surface area contributed by atoms with Gasteiger partial charge >= 0.3 is 6.18 Å². The van der Waals surface area contributed by atoms with Gasteiger partial charge in [0.1, 0.15) is 5.75 Å². The number of fused-ring (bicyclic) bond motifs is 2. The van der Waals surface area contributed by atoms with E-state index in [0.717, 1.165) is 6.26 Å². The standard InChI is InChI=1S/C25H25F3N2O4S/c1-23(2,20-11-19(35(3,32)33)10-16-6-7-34-22(16)20)14-24(31,25(26,27)28)12-18-9-17-8-15(13-29)4-5-21(17)30-18/h4-5,8-11,30-31H,6-7,12,14H2,1-3H3. The Morgan fingerprint density at radius 2 is 1.89 bits per heavy atom. The third-order valence-corrected chi connectivity index (χ3v) is 7.56. The van der Waals surface area contributed by atoms with Crippen LogP contribution >= 0.6 is 0 Å². The topological polar surface area (TPSA) is 103 Å². The van der Waals surface area contributed by atoms with E-state index >= 15 is 0 Å². The molecule has 1 aliphatic rings. The summed E-state index contributed by atoms with van der Waals surface area (Å²) < 4.78 is 73.1. The van der Waals surface area contributed by atoms with Crippen LogP contribution < -0.4 is 4.74 Å². The van der Waals surface area contributed by atoms with E-state index in [0.29, 0.717) is 46.4 Å². The minimum atomic E-state index is -4.97. The van der Waals surface area contributed by atoms with Crippen LogP contribution in [0.15, 0.2) is 41.3 Å². The summed E-state index contributed by atoms with van der Waals surface area (Å²) in [7, 11) is -3.62. The van der Waals surface area contributed by atoms with Crippen LogP contribution in [0.1, 0.15) is 42.7 Å². The highest BCUT2D eigenvalue weighted by Crippen LogP contribution is 2.47. The molecule has 3 aromatic rings. The molecular weight excluding hydrogens is 481 g/mol. The molecular formula is C25H25F3N2O4S. The van der Waals surface area contributed by atoms with Crippen LogP contribution in [-0.2, 0) is 28.1 Å². The predicted octanol–water partition coefficient (Wildman–Crippen LogP) is 4.58. The van der Waals surface area contributed by atoms with Crippen molar-refractivity contribution in [3.63, 3.8) is 0 Å². The van der Waals surface area contributed by atoms with Gasteiger partial charge in [-0.15, -0.1) is 0 Å². The minimum Gasteiger partial charge on any atom is -0.493 e. The van der Waals surface area contributed by atoms with Crippen molar-refractivity contribution in [2.75, 3.05) is 12.9 Å². The smallest absolute Gasteiger partial charge is 0.417 e. The normalized spacial score (nSPS) is 15.9. The summed E-state index contributed by atoms with van der Waals surface area (Å²) in [5.74, 6) is 0.376. The van der Waals surface area contributed by atoms with Gasteiger partial charge in [-0.25, -0.2) is 8.42 Å². The minimum absolute atomic E-state index is 0.00397. The van der Waals surface area contributed by atoms with E-state index in [1.54, 1.807) is 18.2 Å². The number of nitrogens with zero attached hydrogens (tertiary/aromatic N) is 1. The SMILES string of the molecule is CC(C)(CC(O)(Cc1cc2cc(C#N)ccc2[nH]1)C(F)(F)F)c1cc(S(C)(=O)=O)cc2c1OCC2. The number of aromatic nitrogens is 1. The maximum atomic E-state index is 14.3. The fourth-order valence-corrected chi connectivity index (χ4v) is 5.45. The Morgan fingerprint density at radius 3 is 2.51 bits per heavy atom. The van der Waals surface area contributed by atoms with Crippen molar-refractivity contribution < 1.29 is 31.4 Å². The third kappa shape index (κ3) is 4.75. The molecule has 1 aromatic heterocycles. The lowest BCUT2D eigenvalue weighted by Crippen LogP contribution is -2.51. The van der Waals surface area contributed by atoms with Gasteiger partial charge in [0, 0.05) is 41.3 Å². The zero-order chi connectivity index (χ0) is 25.8. The van der Waals surface area contributed by atoms with Gasteiger partial charge in [0.15, 0.2) is 15.4 Å². The molecule has 0 saturated heterocycles. The van der Waals surface area contributed by atoms with E-state index in [2.05, 4.69) is 4.98 Å². The summed E-state index contributed by atoms with van der Waals surface area (Å²) in [5.41, 5.74) is -2.40. The molecule has 0 aliphatic carbocycles.